The van der Waals surface area contributed by atoms with Crippen LogP contribution in [0.25, 0.3) is 0 Å². The van der Waals surface area contributed by atoms with Gasteiger partial charge in [0, 0.05) is 17.6 Å². The number of hydrogen-bond acceptors (Lipinski definition) is 3. The molecule has 1 aliphatic carbocycles. The summed E-state index contributed by atoms with van der Waals surface area (Å²) in [7, 11) is 0. The molecule has 0 unspecified atom stereocenters. The van der Waals surface area contributed by atoms with Crippen molar-refractivity contribution in [2.45, 2.75) is 38.1 Å². The molecule has 1 aromatic rings. The third-order valence-corrected chi connectivity index (χ3v) is 3.80. The zero-order chi connectivity index (χ0) is 13.7. The molecule has 0 spiro atoms. The molecule has 104 valence electrons. The highest BCUT2D eigenvalue weighted by molar-refractivity contribution is 6.30. The molecule has 1 fully saturated rings. The fourth-order valence-corrected chi connectivity index (χ4v) is 2.53. The Bertz CT molecular complexity index is 413. The molecular formula is C15H20ClNO2. The number of rotatable bonds is 6. The van der Waals surface area contributed by atoms with Crippen LogP contribution in [-0.4, -0.2) is 25.2 Å². The Morgan fingerprint density at radius 1 is 1.37 bits per heavy atom. The van der Waals surface area contributed by atoms with E-state index in [0.29, 0.717) is 31.5 Å². The van der Waals surface area contributed by atoms with Crippen molar-refractivity contribution in [1.29, 1.82) is 0 Å². The zero-order valence-corrected chi connectivity index (χ0v) is 12.0. The Hall–Kier alpha value is -1.06. The van der Waals surface area contributed by atoms with Gasteiger partial charge in [0.25, 0.3) is 0 Å². The summed E-state index contributed by atoms with van der Waals surface area (Å²) >= 11 is 5.87. The average molecular weight is 282 g/mol. The second-order valence-electron chi connectivity index (χ2n) is 4.93. The summed E-state index contributed by atoms with van der Waals surface area (Å²) in [5.41, 5.74) is 1.35. The summed E-state index contributed by atoms with van der Waals surface area (Å²) < 4.78 is 4.89. The maximum absolute atomic E-state index is 11.2. The van der Waals surface area contributed by atoms with Crippen LogP contribution < -0.4 is 5.32 Å². The summed E-state index contributed by atoms with van der Waals surface area (Å²) in [5.74, 6) is 0.501. The number of esters is 1. The van der Waals surface area contributed by atoms with Gasteiger partial charge in [0.05, 0.1) is 13.0 Å². The van der Waals surface area contributed by atoms with E-state index in [9.17, 15) is 4.79 Å². The molecule has 0 heterocycles. The molecule has 0 amide bonds. The summed E-state index contributed by atoms with van der Waals surface area (Å²) in [4.78, 5) is 11.2. The number of carbonyl (C=O) groups is 1. The normalized spacial score (nSPS) is 21.8. The van der Waals surface area contributed by atoms with E-state index in [1.54, 1.807) is 0 Å². The first kappa shape index (κ1) is 14.4. The lowest BCUT2D eigenvalue weighted by molar-refractivity contribution is -0.143. The fourth-order valence-electron chi connectivity index (χ4n) is 2.40. The van der Waals surface area contributed by atoms with Crippen LogP contribution in [0.1, 0.15) is 37.7 Å². The van der Waals surface area contributed by atoms with E-state index in [0.717, 1.165) is 17.9 Å². The fraction of sp³-hybridized carbons (Fsp3) is 0.533. The number of carbonyl (C=O) groups excluding carboxylic acids is 1. The van der Waals surface area contributed by atoms with Gasteiger partial charge in [0.2, 0.25) is 0 Å². The van der Waals surface area contributed by atoms with Gasteiger partial charge in [-0.2, -0.15) is 0 Å². The Balaban J connectivity index is 1.64. The Morgan fingerprint density at radius 3 is 2.68 bits per heavy atom. The summed E-state index contributed by atoms with van der Waals surface area (Å²) in [6.07, 6.45) is 2.71. The van der Waals surface area contributed by atoms with Crippen LogP contribution in [0.5, 0.6) is 0 Å². The lowest BCUT2D eigenvalue weighted by Crippen LogP contribution is -2.41. The van der Waals surface area contributed by atoms with Crippen LogP contribution in [0.15, 0.2) is 24.3 Å². The van der Waals surface area contributed by atoms with Crippen LogP contribution in [0.3, 0.4) is 0 Å². The SMILES string of the molecule is CCOC(=O)CCNC1CC(c2ccc(Cl)cc2)C1. The second-order valence-corrected chi connectivity index (χ2v) is 5.36. The van der Waals surface area contributed by atoms with Gasteiger partial charge in [-0.25, -0.2) is 0 Å². The molecule has 1 N–H and O–H groups in total. The Kier molecular flexibility index (Phi) is 5.23. The monoisotopic (exact) mass is 281 g/mol. The van der Waals surface area contributed by atoms with Crippen molar-refractivity contribution in [2.75, 3.05) is 13.2 Å². The number of hydrogen-bond donors (Lipinski definition) is 1. The van der Waals surface area contributed by atoms with Crippen molar-refractivity contribution in [1.82, 2.24) is 5.32 Å². The first-order chi connectivity index (χ1) is 9.19. The largest absolute Gasteiger partial charge is 0.466 e. The summed E-state index contributed by atoms with van der Waals surface area (Å²) in [5, 5.41) is 4.18. The van der Waals surface area contributed by atoms with E-state index >= 15 is 0 Å². The van der Waals surface area contributed by atoms with Gasteiger partial charge in [0.1, 0.15) is 0 Å². The highest BCUT2D eigenvalue weighted by Gasteiger charge is 2.29. The van der Waals surface area contributed by atoms with Crippen molar-refractivity contribution >= 4 is 17.6 Å². The molecule has 0 radical (unpaired) electrons. The molecule has 4 heteroatoms. The quantitative estimate of drug-likeness (QED) is 0.814. The van der Waals surface area contributed by atoms with Crippen LogP contribution in [0.2, 0.25) is 5.02 Å². The van der Waals surface area contributed by atoms with Crippen LogP contribution in [-0.2, 0) is 9.53 Å². The van der Waals surface area contributed by atoms with E-state index in [-0.39, 0.29) is 5.97 Å². The van der Waals surface area contributed by atoms with Gasteiger partial charge in [-0.3, -0.25) is 4.79 Å². The van der Waals surface area contributed by atoms with E-state index in [1.807, 2.05) is 19.1 Å². The highest BCUT2D eigenvalue weighted by atomic mass is 35.5. The van der Waals surface area contributed by atoms with Crippen molar-refractivity contribution in [3.63, 3.8) is 0 Å². The Labute approximate surface area is 119 Å². The molecule has 1 aromatic carbocycles. The van der Waals surface area contributed by atoms with Gasteiger partial charge in [-0.15, -0.1) is 0 Å². The molecule has 2 rings (SSSR count). The minimum atomic E-state index is -0.122. The van der Waals surface area contributed by atoms with Crippen molar-refractivity contribution < 1.29 is 9.53 Å². The van der Waals surface area contributed by atoms with Gasteiger partial charge in [0.15, 0.2) is 0 Å². The first-order valence-corrected chi connectivity index (χ1v) is 7.21. The van der Waals surface area contributed by atoms with Crippen molar-refractivity contribution in [2.24, 2.45) is 0 Å². The molecule has 0 aliphatic heterocycles. The highest BCUT2D eigenvalue weighted by Crippen LogP contribution is 2.37. The van der Waals surface area contributed by atoms with Gasteiger partial charge in [-0.05, 0) is 43.4 Å². The lowest BCUT2D eigenvalue weighted by Gasteiger charge is -2.36. The smallest absolute Gasteiger partial charge is 0.307 e. The standard InChI is InChI=1S/C15H20ClNO2/c1-2-19-15(18)7-8-17-14-9-12(10-14)11-3-5-13(16)6-4-11/h3-6,12,14,17H,2,7-10H2,1H3. The van der Waals surface area contributed by atoms with Gasteiger partial charge >= 0.3 is 5.97 Å². The van der Waals surface area contributed by atoms with Crippen LogP contribution >= 0.6 is 11.6 Å². The molecule has 3 nitrogen and oxygen atoms in total. The molecule has 1 saturated carbocycles. The molecular weight excluding hydrogens is 262 g/mol. The number of halogens is 1. The van der Waals surface area contributed by atoms with Gasteiger partial charge < -0.3 is 10.1 Å². The number of ether oxygens (including phenoxy) is 1. The van der Waals surface area contributed by atoms with E-state index in [2.05, 4.69) is 17.4 Å². The molecule has 0 saturated heterocycles. The summed E-state index contributed by atoms with van der Waals surface area (Å²) in [6, 6.07) is 8.61. The predicted octanol–water partition coefficient (Wildman–Crippen LogP) is 3.13. The molecule has 0 bridgehead atoms. The zero-order valence-electron chi connectivity index (χ0n) is 11.2. The molecule has 1 aliphatic rings. The third-order valence-electron chi connectivity index (χ3n) is 3.55. The minimum absolute atomic E-state index is 0.122. The number of benzene rings is 1. The topological polar surface area (TPSA) is 38.3 Å². The second kappa shape index (κ2) is 6.92. The van der Waals surface area contributed by atoms with E-state index in [1.165, 1.54) is 5.56 Å². The maximum Gasteiger partial charge on any atom is 0.307 e. The number of nitrogens with one attached hydrogen (secondary N) is 1. The van der Waals surface area contributed by atoms with E-state index in [4.69, 9.17) is 16.3 Å². The average Bonchev–Trinajstić information content (AvgIpc) is 2.34. The molecule has 19 heavy (non-hydrogen) atoms. The maximum atomic E-state index is 11.2. The van der Waals surface area contributed by atoms with E-state index < -0.39 is 0 Å². The molecule has 0 atom stereocenters. The van der Waals surface area contributed by atoms with Crippen LogP contribution in [0.4, 0.5) is 0 Å². The van der Waals surface area contributed by atoms with Gasteiger partial charge in [-0.1, -0.05) is 23.7 Å². The minimum Gasteiger partial charge on any atom is -0.466 e. The van der Waals surface area contributed by atoms with Crippen LogP contribution in [0, 0.1) is 0 Å². The lowest BCUT2D eigenvalue weighted by atomic mass is 9.76. The summed E-state index contributed by atoms with van der Waals surface area (Å²) in [6.45, 7) is 2.99. The van der Waals surface area contributed by atoms with Crippen molar-refractivity contribution in [3.8, 4) is 0 Å². The first-order valence-electron chi connectivity index (χ1n) is 6.83. The molecule has 0 aromatic heterocycles. The van der Waals surface area contributed by atoms with Crippen molar-refractivity contribution in [3.05, 3.63) is 34.9 Å². The third kappa shape index (κ3) is 4.22. The predicted molar refractivity (Wildman–Crippen MR) is 76.5 cm³/mol. The Morgan fingerprint density at radius 2 is 2.05 bits per heavy atom.